The third-order valence-corrected chi connectivity index (χ3v) is 4.90. The minimum atomic E-state index is -0.281. The number of hydrogen-bond donors (Lipinski definition) is 0. The molecule has 0 amide bonds. The number of allylic oxidation sites excluding steroid dienone is 1. The Balaban J connectivity index is 1.79. The van der Waals surface area contributed by atoms with E-state index in [4.69, 9.17) is 4.74 Å². The number of esters is 1. The van der Waals surface area contributed by atoms with Gasteiger partial charge in [0.05, 0.1) is 19.8 Å². The molecule has 126 valence electrons. The van der Waals surface area contributed by atoms with Crippen LogP contribution in [0.5, 0.6) is 0 Å². The molecule has 23 heavy (non-hydrogen) atoms. The minimum Gasteiger partial charge on any atom is -0.466 e. The second-order valence-corrected chi connectivity index (χ2v) is 6.94. The van der Waals surface area contributed by atoms with Gasteiger partial charge in [-0.3, -0.25) is 0 Å². The van der Waals surface area contributed by atoms with E-state index in [1.54, 1.807) is 0 Å². The fourth-order valence-electron chi connectivity index (χ4n) is 3.07. The van der Waals surface area contributed by atoms with Crippen molar-refractivity contribution >= 4 is 21.9 Å². The number of methoxy groups -OCH3 is 1. The van der Waals surface area contributed by atoms with Crippen LogP contribution in [0.3, 0.4) is 0 Å². The lowest BCUT2D eigenvalue weighted by Crippen LogP contribution is -2.27. The topological polar surface area (TPSA) is 35.5 Å². The Morgan fingerprint density at radius 1 is 1.26 bits per heavy atom. The number of halogens is 1. The second kappa shape index (κ2) is 9.89. The van der Waals surface area contributed by atoms with Gasteiger partial charge in [0.25, 0.3) is 0 Å². The molecule has 1 fully saturated rings. The monoisotopic (exact) mass is 380 g/mol. The summed E-state index contributed by atoms with van der Waals surface area (Å²) >= 11 is 3.45. The first-order valence-electron chi connectivity index (χ1n) is 8.29. The number of carbonyl (C=O) groups excluding carboxylic acids is 1. The van der Waals surface area contributed by atoms with Crippen molar-refractivity contribution in [3.8, 4) is 0 Å². The van der Waals surface area contributed by atoms with Gasteiger partial charge in [0.2, 0.25) is 0 Å². The highest BCUT2D eigenvalue weighted by Gasteiger charge is 2.25. The Morgan fingerprint density at radius 3 is 2.74 bits per heavy atom. The molecular formula is C19H25BrO3. The molecule has 1 aromatic rings. The average molecular weight is 381 g/mol. The van der Waals surface area contributed by atoms with Crippen molar-refractivity contribution in [3.05, 3.63) is 46.5 Å². The van der Waals surface area contributed by atoms with Crippen LogP contribution in [0.4, 0.5) is 0 Å². The van der Waals surface area contributed by atoms with Crippen LogP contribution in [0, 0.1) is 5.92 Å². The Hall–Kier alpha value is -1.13. The standard InChI is InChI=1S/C19H25BrO3/c1-22-19(21)9-5-3-7-16-6-2-4-8-18(16)23-14-15-10-12-17(20)13-11-15/h5,9-13,16,18H,2-4,6-8,14H2,1H3/b9-5-/t16-,18+/m1/s1. The first-order chi connectivity index (χ1) is 11.2. The van der Waals surface area contributed by atoms with E-state index < -0.39 is 0 Å². The molecule has 1 aliphatic rings. The molecule has 0 bridgehead atoms. The van der Waals surface area contributed by atoms with E-state index in [9.17, 15) is 4.79 Å². The smallest absolute Gasteiger partial charge is 0.330 e. The van der Waals surface area contributed by atoms with Gasteiger partial charge in [-0.15, -0.1) is 0 Å². The van der Waals surface area contributed by atoms with Crippen molar-refractivity contribution in [1.82, 2.24) is 0 Å². The zero-order chi connectivity index (χ0) is 16.5. The molecule has 1 saturated carbocycles. The van der Waals surface area contributed by atoms with Gasteiger partial charge in [-0.25, -0.2) is 4.79 Å². The molecular weight excluding hydrogens is 356 g/mol. The molecule has 0 unspecified atom stereocenters. The van der Waals surface area contributed by atoms with Crippen LogP contribution < -0.4 is 0 Å². The van der Waals surface area contributed by atoms with Crippen LogP contribution in [0.2, 0.25) is 0 Å². The largest absolute Gasteiger partial charge is 0.466 e. The maximum atomic E-state index is 11.1. The van der Waals surface area contributed by atoms with Crippen LogP contribution in [0.15, 0.2) is 40.9 Å². The summed E-state index contributed by atoms with van der Waals surface area (Å²) in [5.41, 5.74) is 1.21. The number of carbonyl (C=O) groups is 1. The van der Waals surface area contributed by atoms with Gasteiger partial charge in [-0.2, -0.15) is 0 Å². The summed E-state index contributed by atoms with van der Waals surface area (Å²) in [4.78, 5) is 11.1. The number of benzene rings is 1. The van der Waals surface area contributed by atoms with Gasteiger partial charge in [0.1, 0.15) is 0 Å². The summed E-state index contributed by atoms with van der Waals surface area (Å²) in [5, 5.41) is 0. The molecule has 0 N–H and O–H groups in total. The quantitative estimate of drug-likeness (QED) is 0.491. The highest BCUT2D eigenvalue weighted by Crippen LogP contribution is 2.31. The lowest BCUT2D eigenvalue weighted by molar-refractivity contribution is -0.134. The van der Waals surface area contributed by atoms with Gasteiger partial charge in [0, 0.05) is 10.5 Å². The molecule has 2 rings (SSSR count). The molecule has 0 spiro atoms. The van der Waals surface area contributed by atoms with Gasteiger partial charge in [-0.05, 0) is 49.3 Å². The molecule has 3 nitrogen and oxygen atoms in total. The third kappa shape index (κ3) is 6.48. The van der Waals surface area contributed by atoms with Gasteiger partial charge < -0.3 is 9.47 Å². The van der Waals surface area contributed by atoms with Crippen molar-refractivity contribution < 1.29 is 14.3 Å². The van der Waals surface area contributed by atoms with Crippen LogP contribution in [0.25, 0.3) is 0 Å². The minimum absolute atomic E-state index is 0.281. The van der Waals surface area contributed by atoms with Crippen LogP contribution >= 0.6 is 15.9 Å². The van der Waals surface area contributed by atoms with Crippen molar-refractivity contribution in [2.45, 2.75) is 51.2 Å². The first kappa shape index (κ1) is 18.2. The lowest BCUT2D eigenvalue weighted by atomic mass is 9.83. The zero-order valence-electron chi connectivity index (χ0n) is 13.7. The predicted molar refractivity (Wildman–Crippen MR) is 95.1 cm³/mol. The van der Waals surface area contributed by atoms with Gasteiger partial charge in [0.15, 0.2) is 0 Å². The molecule has 0 saturated heterocycles. The van der Waals surface area contributed by atoms with Crippen LogP contribution in [0.1, 0.15) is 44.1 Å². The van der Waals surface area contributed by atoms with Crippen molar-refractivity contribution in [3.63, 3.8) is 0 Å². The second-order valence-electron chi connectivity index (χ2n) is 6.02. The van der Waals surface area contributed by atoms with E-state index >= 15 is 0 Å². The fourth-order valence-corrected chi connectivity index (χ4v) is 3.33. The molecule has 1 aliphatic carbocycles. The molecule has 0 radical (unpaired) electrons. The number of hydrogen-bond acceptors (Lipinski definition) is 3. The predicted octanol–water partition coefficient (Wildman–Crippen LogP) is 5.03. The Labute approximate surface area is 147 Å². The van der Waals surface area contributed by atoms with E-state index in [1.165, 1.54) is 38.0 Å². The maximum Gasteiger partial charge on any atom is 0.330 e. The zero-order valence-corrected chi connectivity index (χ0v) is 15.3. The summed E-state index contributed by atoms with van der Waals surface area (Å²) < 4.78 is 11.9. The summed E-state index contributed by atoms with van der Waals surface area (Å²) in [6.45, 7) is 0.673. The van der Waals surface area contributed by atoms with Gasteiger partial charge in [-0.1, -0.05) is 47.0 Å². The molecule has 0 heterocycles. The SMILES string of the molecule is COC(=O)/C=C\CC[C@H]1CCCC[C@@H]1OCc1ccc(Br)cc1. The average Bonchev–Trinajstić information content (AvgIpc) is 2.59. The van der Waals surface area contributed by atoms with Crippen molar-refractivity contribution in [2.75, 3.05) is 7.11 Å². The fraction of sp³-hybridized carbons (Fsp3) is 0.526. The lowest BCUT2D eigenvalue weighted by Gasteiger charge is -2.31. The van der Waals surface area contributed by atoms with E-state index in [0.29, 0.717) is 18.6 Å². The summed E-state index contributed by atoms with van der Waals surface area (Å²) in [7, 11) is 1.40. The van der Waals surface area contributed by atoms with E-state index in [-0.39, 0.29) is 5.97 Å². The normalized spacial score (nSPS) is 21.5. The molecule has 4 heteroatoms. The molecule has 1 aromatic carbocycles. The Morgan fingerprint density at radius 2 is 2.00 bits per heavy atom. The van der Waals surface area contributed by atoms with Crippen LogP contribution in [-0.2, 0) is 20.9 Å². The summed E-state index contributed by atoms with van der Waals surface area (Å²) in [6.07, 6.45) is 10.6. The Bertz CT molecular complexity index is 510. The van der Waals surface area contributed by atoms with E-state index in [2.05, 4.69) is 44.9 Å². The first-order valence-corrected chi connectivity index (χ1v) is 9.09. The highest BCUT2D eigenvalue weighted by atomic mass is 79.9. The summed E-state index contributed by atoms with van der Waals surface area (Å²) in [6, 6.07) is 8.30. The van der Waals surface area contributed by atoms with Gasteiger partial charge >= 0.3 is 5.97 Å². The number of rotatable bonds is 7. The number of ether oxygens (including phenoxy) is 2. The van der Waals surface area contributed by atoms with Crippen LogP contribution in [-0.4, -0.2) is 19.2 Å². The molecule has 0 aliphatic heterocycles. The third-order valence-electron chi connectivity index (χ3n) is 4.38. The van der Waals surface area contributed by atoms with E-state index in [0.717, 1.165) is 23.7 Å². The van der Waals surface area contributed by atoms with E-state index in [1.807, 2.05) is 6.08 Å². The Kier molecular flexibility index (Phi) is 7.83. The highest BCUT2D eigenvalue weighted by molar-refractivity contribution is 9.10. The molecule has 0 aromatic heterocycles. The summed E-state index contributed by atoms with van der Waals surface area (Å²) in [5.74, 6) is 0.304. The molecule has 2 atom stereocenters. The van der Waals surface area contributed by atoms with Crippen molar-refractivity contribution in [2.24, 2.45) is 5.92 Å². The maximum absolute atomic E-state index is 11.1. The van der Waals surface area contributed by atoms with Crippen molar-refractivity contribution in [1.29, 1.82) is 0 Å².